The third kappa shape index (κ3) is 3.45. The van der Waals surface area contributed by atoms with Crippen LogP contribution in [-0.4, -0.2) is 15.5 Å². The molecule has 0 saturated carbocycles. The zero-order valence-corrected chi connectivity index (χ0v) is 14.6. The number of hydrogen-bond donors (Lipinski definition) is 0. The van der Waals surface area contributed by atoms with Gasteiger partial charge in [-0.15, -0.1) is 0 Å². The number of carbonyl (C=O) groups is 1. The smallest absolute Gasteiger partial charge is 0.338 e. The van der Waals surface area contributed by atoms with Gasteiger partial charge in [-0.05, 0) is 44.5 Å². The van der Waals surface area contributed by atoms with Crippen molar-refractivity contribution in [3.05, 3.63) is 75.2 Å². The van der Waals surface area contributed by atoms with Gasteiger partial charge in [0.25, 0.3) is 5.56 Å². The maximum atomic E-state index is 12.3. The maximum Gasteiger partial charge on any atom is 0.338 e. The van der Waals surface area contributed by atoms with Crippen molar-refractivity contribution in [3.8, 4) is 0 Å². The van der Waals surface area contributed by atoms with Crippen molar-refractivity contribution < 1.29 is 9.53 Å². The normalized spacial score (nSPS) is 10.8. The molecule has 0 bridgehead atoms. The molecule has 0 aliphatic rings. The summed E-state index contributed by atoms with van der Waals surface area (Å²) in [4.78, 5) is 28.8. The second kappa shape index (κ2) is 6.89. The van der Waals surface area contributed by atoms with Gasteiger partial charge in [0.05, 0.1) is 16.6 Å². The zero-order chi connectivity index (χ0) is 18.0. The van der Waals surface area contributed by atoms with Crippen LogP contribution in [0.4, 0.5) is 0 Å². The average Bonchev–Trinajstić information content (AvgIpc) is 2.61. The third-order valence-corrected chi connectivity index (χ3v) is 4.15. The minimum atomic E-state index is -0.406. The molecule has 0 atom stereocenters. The van der Waals surface area contributed by atoms with Crippen LogP contribution in [0.5, 0.6) is 0 Å². The van der Waals surface area contributed by atoms with Gasteiger partial charge in [-0.25, -0.2) is 9.78 Å². The molecular weight excluding hydrogens is 316 g/mol. The monoisotopic (exact) mass is 336 g/mol. The highest BCUT2D eigenvalue weighted by atomic mass is 16.5. The first-order valence-electron chi connectivity index (χ1n) is 8.23. The lowest BCUT2D eigenvalue weighted by Crippen LogP contribution is -2.23. The van der Waals surface area contributed by atoms with Crippen molar-refractivity contribution in [2.24, 2.45) is 0 Å². The summed E-state index contributed by atoms with van der Waals surface area (Å²) >= 11 is 0. The Hall–Kier alpha value is -2.95. The predicted octanol–water partition coefficient (Wildman–Crippen LogP) is 3.39. The van der Waals surface area contributed by atoms with Gasteiger partial charge in [-0.1, -0.05) is 29.8 Å². The Morgan fingerprint density at radius 1 is 1.12 bits per heavy atom. The molecule has 0 unspecified atom stereocenters. The van der Waals surface area contributed by atoms with E-state index < -0.39 is 5.97 Å². The van der Waals surface area contributed by atoms with Crippen LogP contribution in [-0.2, 0) is 17.9 Å². The van der Waals surface area contributed by atoms with Crippen molar-refractivity contribution in [1.82, 2.24) is 9.55 Å². The topological polar surface area (TPSA) is 61.2 Å². The Kier molecular flexibility index (Phi) is 4.65. The summed E-state index contributed by atoms with van der Waals surface area (Å²) in [5.74, 6) is -0.406. The number of ether oxygens (including phenoxy) is 1. The first-order valence-corrected chi connectivity index (χ1v) is 8.23. The molecule has 5 heteroatoms. The molecule has 0 fully saturated rings. The van der Waals surface area contributed by atoms with Gasteiger partial charge < -0.3 is 9.30 Å². The van der Waals surface area contributed by atoms with E-state index >= 15 is 0 Å². The molecule has 0 spiro atoms. The molecule has 0 radical (unpaired) electrons. The first kappa shape index (κ1) is 16.9. The minimum absolute atomic E-state index is 0.107. The number of rotatable bonds is 4. The highest BCUT2D eigenvalue weighted by Gasteiger charge is 2.12. The third-order valence-electron chi connectivity index (χ3n) is 4.15. The predicted molar refractivity (Wildman–Crippen MR) is 96.7 cm³/mol. The van der Waals surface area contributed by atoms with Crippen LogP contribution in [0.3, 0.4) is 0 Å². The van der Waals surface area contributed by atoms with Gasteiger partial charge in [0, 0.05) is 6.54 Å². The summed E-state index contributed by atoms with van der Waals surface area (Å²) < 4.78 is 7.03. The fourth-order valence-corrected chi connectivity index (χ4v) is 2.73. The van der Waals surface area contributed by atoms with Gasteiger partial charge in [-0.2, -0.15) is 0 Å². The van der Waals surface area contributed by atoms with Gasteiger partial charge in [0.15, 0.2) is 0 Å². The summed E-state index contributed by atoms with van der Waals surface area (Å²) in [5.41, 5.74) is 4.16. The van der Waals surface area contributed by atoms with E-state index in [1.165, 1.54) is 0 Å². The number of hydrogen-bond acceptors (Lipinski definition) is 4. The van der Waals surface area contributed by atoms with E-state index in [9.17, 15) is 9.59 Å². The van der Waals surface area contributed by atoms with E-state index in [4.69, 9.17) is 4.74 Å². The number of esters is 1. The highest BCUT2D eigenvalue weighted by Crippen LogP contribution is 2.15. The zero-order valence-electron chi connectivity index (χ0n) is 14.6. The van der Waals surface area contributed by atoms with Crippen LogP contribution in [0.15, 0.2) is 47.3 Å². The molecule has 5 nitrogen and oxygen atoms in total. The Morgan fingerprint density at radius 2 is 1.84 bits per heavy atom. The van der Waals surface area contributed by atoms with E-state index in [2.05, 4.69) is 4.98 Å². The number of fused-ring (bicyclic) bond motifs is 1. The van der Waals surface area contributed by atoms with Crippen molar-refractivity contribution in [3.63, 3.8) is 0 Å². The van der Waals surface area contributed by atoms with Crippen LogP contribution < -0.4 is 5.56 Å². The van der Waals surface area contributed by atoms with Crippen LogP contribution in [0.1, 0.15) is 34.1 Å². The van der Waals surface area contributed by atoms with Gasteiger partial charge in [0.2, 0.25) is 0 Å². The summed E-state index contributed by atoms with van der Waals surface area (Å²) in [6.07, 6.45) is 0. The largest absolute Gasteiger partial charge is 0.457 e. The van der Waals surface area contributed by atoms with E-state index in [-0.39, 0.29) is 12.2 Å². The number of benzene rings is 2. The molecule has 0 amide bonds. The van der Waals surface area contributed by atoms with Crippen molar-refractivity contribution in [1.29, 1.82) is 0 Å². The van der Waals surface area contributed by atoms with Crippen LogP contribution >= 0.6 is 0 Å². The lowest BCUT2D eigenvalue weighted by molar-refractivity contribution is 0.0473. The fraction of sp³-hybridized carbons (Fsp3) is 0.250. The van der Waals surface area contributed by atoms with Crippen molar-refractivity contribution in [2.75, 3.05) is 0 Å². The Balaban J connectivity index is 1.85. The van der Waals surface area contributed by atoms with E-state index in [0.717, 1.165) is 11.1 Å². The molecule has 3 rings (SSSR count). The van der Waals surface area contributed by atoms with E-state index in [1.54, 1.807) is 29.7 Å². The molecule has 3 aromatic rings. The minimum Gasteiger partial charge on any atom is -0.457 e. The Labute approximate surface area is 145 Å². The molecule has 1 aromatic heterocycles. The van der Waals surface area contributed by atoms with Gasteiger partial charge >= 0.3 is 5.97 Å². The number of carbonyl (C=O) groups excluding carboxylic acids is 1. The Morgan fingerprint density at radius 3 is 2.52 bits per heavy atom. The van der Waals surface area contributed by atoms with Crippen LogP contribution in [0.2, 0.25) is 0 Å². The second-order valence-corrected chi connectivity index (χ2v) is 6.01. The van der Waals surface area contributed by atoms with Gasteiger partial charge in [-0.3, -0.25) is 4.79 Å². The molecule has 0 aliphatic heterocycles. The molecule has 25 heavy (non-hydrogen) atoms. The molecule has 1 heterocycles. The lowest BCUT2D eigenvalue weighted by Gasteiger charge is -2.10. The fourth-order valence-electron chi connectivity index (χ4n) is 2.73. The van der Waals surface area contributed by atoms with E-state index in [1.807, 2.05) is 38.1 Å². The summed E-state index contributed by atoms with van der Waals surface area (Å²) in [7, 11) is 0. The average molecular weight is 336 g/mol. The molecular formula is C20H20N2O3. The van der Waals surface area contributed by atoms with E-state index in [0.29, 0.717) is 28.8 Å². The number of nitrogens with zero attached hydrogens (tertiary/aromatic N) is 2. The van der Waals surface area contributed by atoms with Crippen molar-refractivity contribution in [2.45, 2.75) is 33.9 Å². The molecule has 2 aromatic carbocycles. The first-order chi connectivity index (χ1) is 12.0. The second-order valence-electron chi connectivity index (χ2n) is 6.01. The summed E-state index contributed by atoms with van der Waals surface area (Å²) in [5, 5.41) is 0. The number of aromatic nitrogens is 2. The quantitative estimate of drug-likeness (QED) is 0.685. The maximum absolute atomic E-state index is 12.3. The summed E-state index contributed by atoms with van der Waals surface area (Å²) in [6, 6.07) is 12.9. The Bertz CT molecular complexity index is 988. The number of aryl methyl sites for hydroxylation is 3. The standard InChI is InChI=1S/C20H20N2O3/c1-4-22-18-10-9-16(11-17(18)21-14(3)19(22)23)20(24)25-12-15-7-5-13(2)6-8-15/h5-11H,4,12H2,1-3H3. The highest BCUT2D eigenvalue weighted by molar-refractivity contribution is 5.93. The summed E-state index contributed by atoms with van der Waals surface area (Å²) in [6.45, 7) is 6.37. The van der Waals surface area contributed by atoms with Crippen LogP contribution in [0.25, 0.3) is 11.0 Å². The van der Waals surface area contributed by atoms with Crippen LogP contribution in [0, 0.1) is 13.8 Å². The van der Waals surface area contributed by atoms with Crippen molar-refractivity contribution >= 4 is 17.0 Å². The molecule has 0 N–H and O–H groups in total. The molecule has 128 valence electrons. The SMILES string of the molecule is CCn1c(=O)c(C)nc2cc(C(=O)OCc3ccc(C)cc3)ccc21. The molecule has 0 aliphatic carbocycles. The van der Waals surface area contributed by atoms with Gasteiger partial charge in [0.1, 0.15) is 12.3 Å². The lowest BCUT2D eigenvalue weighted by atomic mass is 10.1. The molecule has 0 saturated heterocycles.